The second-order valence-electron chi connectivity index (χ2n) is 4.76. The van der Waals surface area contributed by atoms with Crippen LogP contribution >= 0.6 is 11.3 Å². The van der Waals surface area contributed by atoms with Gasteiger partial charge in [-0.1, -0.05) is 12.1 Å². The smallest absolute Gasteiger partial charge is 0.227 e. The van der Waals surface area contributed by atoms with E-state index in [-0.39, 0.29) is 5.91 Å². The summed E-state index contributed by atoms with van der Waals surface area (Å²) in [6, 6.07) is 9.85. The molecule has 20 heavy (non-hydrogen) atoms. The van der Waals surface area contributed by atoms with Gasteiger partial charge in [0, 0.05) is 7.05 Å². The second kappa shape index (κ2) is 5.46. The van der Waals surface area contributed by atoms with E-state index in [1.54, 1.807) is 16.2 Å². The van der Waals surface area contributed by atoms with Gasteiger partial charge in [0.1, 0.15) is 5.82 Å². The van der Waals surface area contributed by atoms with Gasteiger partial charge in [0.2, 0.25) is 5.91 Å². The maximum Gasteiger partial charge on any atom is 0.227 e. The fraction of sp³-hybridized carbons (Fsp3) is 0.200. The number of thiophene rings is 1. The molecule has 3 rings (SSSR count). The van der Waals surface area contributed by atoms with Gasteiger partial charge in [-0.25, -0.2) is 4.98 Å². The van der Waals surface area contributed by atoms with E-state index >= 15 is 0 Å². The zero-order chi connectivity index (χ0) is 13.9. The molecule has 0 spiro atoms. The molecule has 0 saturated heterocycles. The minimum absolute atomic E-state index is 0.101. The first kappa shape index (κ1) is 12.9. The highest BCUT2D eigenvalue weighted by Crippen LogP contribution is 2.12. The Morgan fingerprint density at radius 3 is 2.95 bits per heavy atom. The van der Waals surface area contributed by atoms with Crippen LogP contribution in [0.15, 0.2) is 41.1 Å². The van der Waals surface area contributed by atoms with Crippen LogP contribution in [0.4, 0.5) is 0 Å². The first-order chi connectivity index (χ1) is 9.72. The third kappa shape index (κ3) is 2.72. The molecule has 0 aliphatic heterocycles. The molecule has 4 nitrogen and oxygen atoms in total. The summed E-state index contributed by atoms with van der Waals surface area (Å²) >= 11 is 1.61. The van der Waals surface area contributed by atoms with Gasteiger partial charge >= 0.3 is 0 Å². The number of benzene rings is 1. The van der Waals surface area contributed by atoms with Crippen molar-refractivity contribution in [3.05, 3.63) is 52.5 Å². The van der Waals surface area contributed by atoms with Crippen molar-refractivity contribution >= 4 is 28.3 Å². The Labute approximate surface area is 121 Å². The number of hydrogen-bond acceptors (Lipinski definition) is 3. The van der Waals surface area contributed by atoms with Crippen LogP contribution in [0.3, 0.4) is 0 Å². The number of carbonyl (C=O) groups is 1. The van der Waals surface area contributed by atoms with Crippen LogP contribution in [0.25, 0.3) is 11.0 Å². The predicted molar refractivity (Wildman–Crippen MR) is 80.6 cm³/mol. The summed E-state index contributed by atoms with van der Waals surface area (Å²) < 4.78 is 0. The lowest BCUT2D eigenvalue weighted by atomic mass is 10.2. The fourth-order valence-electron chi connectivity index (χ4n) is 2.10. The van der Waals surface area contributed by atoms with Gasteiger partial charge in [0.25, 0.3) is 0 Å². The maximum absolute atomic E-state index is 12.1. The Balaban J connectivity index is 1.68. The van der Waals surface area contributed by atoms with E-state index in [4.69, 9.17) is 0 Å². The lowest BCUT2D eigenvalue weighted by Crippen LogP contribution is -2.28. The van der Waals surface area contributed by atoms with Crippen LogP contribution in [-0.4, -0.2) is 27.8 Å². The summed E-state index contributed by atoms with van der Waals surface area (Å²) in [5, 5.41) is 3.99. The van der Waals surface area contributed by atoms with E-state index < -0.39 is 0 Å². The van der Waals surface area contributed by atoms with Crippen molar-refractivity contribution in [1.82, 2.24) is 14.9 Å². The largest absolute Gasteiger partial charge is 0.340 e. The maximum atomic E-state index is 12.1. The molecular formula is C15H15N3OS. The normalized spacial score (nSPS) is 10.8. The third-order valence-electron chi connectivity index (χ3n) is 3.19. The first-order valence-electron chi connectivity index (χ1n) is 6.41. The SMILES string of the molecule is CN(Cc1nc2ccccc2[nH]1)C(=O)Cc1ccsc1. The highest BCUT2D eigenvalue weighted by molar-refractivity contribution is 7.07. The van der Waals surface area contributed by atoms with Crippen molar-refractivity contribution in [3.63, 3.8) is 0 Å². The Morgan fingerprint density at radius 2 is 2.20 bits per heavy atom. The molecule has 0 atom stereocenters. The highest BCUT2D eigenvalue weighted by atomic mass is 32.1. The van der Waals surface area contributed by atoms with Gasteiger partial charge < -0.3 is 9.88 Å². The number of H-pyrrole nitrogens is 1. The van der Waals surface area contributed by atoms with E-state index in [9.17, 15) is 4.79 Å². The number of likely N-dealkylation sites (N-methyl/N-ethyl adjacent to an activating group) is 1. The second-order valence-corrected chi connectivity index (χ2v) is 5.54. The van der Waals surface area contributed by atoms with Crippen LogP contribution in [0, 0.1) is 0 Å². The molecule has 1 amide bonds. The number of nitrogens with zero attached hydrogens (tertiary/aromatic N) is 2. The van der Waals surface area contributed by atoms with Gasteiger partial charge in [0.15, 0.2) is 0 Å². The number of amides is 1. The van der Waals surface area contributed by atoms with Crippen molar-refractivity contribution in [3.8, 4) is 0 Å². The van der Waals surface area contributed by atoms with E-state index in [2.05, 4.69) is 9.97 Å². The molecule has 1 aromatic carbocycles. The molecule has 5 heteroatoms. The highest BCUT2D eigenvalue weighted by Gasteiger charge is 2.12. The van der Waals surface area contributed by atoms with Crippen molar-refractivity contribution in [2.45, 2.75) is 13.0 Å². The predicted octanol–water partition coefficient (Wildman–Crippen LogP) is 2.83. The van der Waals surface area contributed by atoms with Crippen molar-refractivity contribution < 1.29 is 4.79 Å². The molecule has 0 bridgehead atoms. The molecule has 0 aliphatic carbocycles. The van der Waals surface area contributed by atoms with E-state index in [0.29, 0.717) is 13.0 Å². The minimum atomic E-state index is 0.101. The number of fused-ring (bicyclic) bond motifs is 1. The summed E-state index contributed by atoms with van der Waals surface area (Å²) in [4.78, 5) is 21.5. The Bertz CT molecular complexity index is 685. The molecule has 0 fully saturated rings. The molecule has 3 aromatic rings. The van der Waals surface area contributed by atoms with Crippen LogP contribution in [-0.2, 0) is 17.8 Å². The topological polar surface area (TPSA) is 49.0 Å². The summed E-state index contributed by atoms with van der Waals surface area (Å²) in [6.45, 7) is 0.498. The molecule has 2 heterocycles. The Hall–Kier alpha value is -2.14. The summed E-state index contributed by atoms with van der Waals surface area (Å²) in [5.74, 6) is 0.913. The standard InChI is InChI=1S/C15H15N3OS/c1-18(15(19)8-11-6-7-20-10-11)9-14-16-12-4-2-3-5-13(12)17-14/h2-7,10H,8-9H2,1H3,(H,16,17). The number of para-hydroxylation sites is 2. The van der Waals surface area contributed by atoms with Gasteiger partial charge in [-0.05, 0) is 34.5 Å². The number of aromatic nitrogens is 2. The van der Waals surface area contributed by atoms with E-state index in [0.717, 1.165) is 22.4 Å². The van der Waals surface area contributed by atoms with Crippen molar-refractivity contribution in [2.75, 3.05) is 7.05 Å². The van der Waals surface area contributed by atoms with Gasteiger partial charge in [0.05, 0.1) is 24.0 Å². The molecule has 1 N–H and O–H groups in total. The average Bonchev–Trinajstić information content (AvgIpc) is 3.06. The summed E-state index contributed by atoms with van der Waals surface area (Å²) in [6.07, 6.45) is 0.445. The van der Waals surface area contributed by atoms with E-state index in [1.165, 1.54) is 0 Å². The van der Waals surface area contributed by atoms with Crippen LogP contribution in [0.2, 0.25) is 0 Å². The van der Waals surface area contributed by atoms with Crippen LogP contribution in [0.1, 0.15) is 11.4 Å². The van der Waals surface area contributed by atoms with Crippen molar-refractivity contribution in [1.29, 1.82) is 0 Å². The lowest BCUT2D eigenvalue weighted by Gasteiger charge is -2.15. The molecule has 0 saturated carbocycles. The number of rotatable bonds is 4. The number of nitrogens with one attached hydrogen (secondary N) is 1. The molecule has 0 unspecified atom stereocenters. The molecule has 0 radical (unpaired) electrons. The molecule has 102 valence electrons. The Morgan fingerprint density at radius 1 is 1.35 bits per heavy atom. The summed E-state index contributed by atoms with van der Waals surface area (Å²) in [7, 11) is 1.81. The molecule has 0 aliphatic rings. The zero-order valence-electron chi connectivity index (χ0n) is 11.2. The quantitative estimate of drug-likeness (QED) is 0.801. The van der Waals surface area contributed by atoms with Gasteiger partial charge in [-0.2, -0.15) is 11.3 Å². The van der Waals surface area contributed by atoms with Crippen LogP contribution in [0.5, 0.6) is 0 Å². The number of imidazole rings is 1. The molecular weight excluding hydrogens is 270 g/mol. The fourth-order valence-corrected chi connectivity index (χ4v) is 2.76. The third-order valence-corrected chi connectivity index (χ3v) is 3.92. The zero-order valence-corrected chi connectivity index (χ0v) is 12.0. The van der Waals surface area contributed by atoms with Gasteiger partial charge in [-0.3, -0.25) is 4.79 Å². The molecule has 2 aromatic heterocycles. The Kier molecular flexibility index (Phi) is 3.52. The first-order valence-corrected chi connectivity index (χ1v) is 7.35. The lowest BCUT2D eigenvalue weighted by molar-refractivity contribution is -0.129. The minimum Gasteiger partial charge on any atom is -0.340 e. The van der Waals surface area contributed by atoms with Crippen molar-refractivity contribution in [2.24, 2.45) is 0 Å². The average molecular weight is 285 g/mol. The number of hydrogen-bond donors (Lipinski definition) is 1. The number of carbonyl (C=O) groups excluding carboxylic acids is 1. The summed E-state index contributed by atoms with van der Waals surface area (Å²) in [5.41, 5.74) is 3.00. The van der Waals surface area contributed by atoms with E-state index in [1.807, 2.05) is 48.1 Å². The van der Waals surface area contributed by atoms with Crippen LogP contribution < -0.4 is 0 Å². The van der Waals surface area contributed by atoms with Gasteiger partial charge in [-0.15, -0.1) is 0 Å². The monoisotopic (exact) mass is 285 g/mol. The number of aromatic amines is 1.